The number of rotatable bonds is 5. The third-order valence-electron chi connectivity index (χ3n) is 2.02. The molecule has 0 unspecified atom stereocenters. The monoisotopic (exact) mass is 248 g/mol. The molecule has 0 radical (unpaired) electrons. The number of amides is 1. The molecule has 0 saturated carbocycles. The molecule has 0 aliphatic rings. The first-order chi connectivity index (χ1) is 6.77. The van der Waals surface area contributed by atoms with Gasteiger partial charge in [-0.1, -0.05) is 6.07 Å². The summed E-state index contributed by atoms with van der Waals surface area (Å²) in [5.41, 5.74) is 5.35. The van der Waals surface area contributed by atoms with Crippen LogP contribution in [0.2, 0.25) is 0 Å². The molecule has 1 aromatic heterocycles. The van der Waals surface area contributed by atoms with Gasteiger partial charge in [0.05, 0.1) is 6.54 Å². The van der Waals surface area contributed by atoms with Crippen LogP contribution in [-0.4, -0.2) is 23.9 Å². The summed E-state index contributed by atoms with van der Waals surface area (Å²) in [6.45, 7) is 3.88. The van der Waals surface area contributed by atoms with Crippen molar-refractivity contribution in [3.8, 4) is 0 Å². The highest BCUT2D eigenvalue weighted by Gasteiger charge is 2.10. The highest BCUT2D eigenvalue weighted by atomic mass is 35.5. The van der Waals surface area contributed by atoms with Crippen molar-refractivity contribution in [2.75, 3.05) is 13.1 Å². The fourth-order valence-corrected chi connectivity index (χ4v) is 1.97. The first-order valence-corrected chi connectivity index (χ1v) is 5.66. The highest BCUT2D eigenvalue weighted by molar-refractivity contribution is 7.09. The van der Waals surface area contributed by atoms with E-state index in [1.807, 2.05) is 29.3 Å². The Morgan fingerprint density at radius 2 is 2.33 bits per heavy atom. The van der Waals surface area contributed by atoms with E-state index in [0.717, 1.165) is 6.54 Å². The number of hydrogen-bond acceptors (Lipinski definition) is 3. The lowest BCUT2D eigenvalue weighted by molar-refractivity contribution is -0.131. The first-order valence-electron chi connectivity index (χ1n) is 4.78. The van der Waals surface area contributed by atoms with Crippen molar-refractivity contribution in [1.82, 2.24) is 4.90 Å². The van der Waals surface area contributed by atoms with Crippen molar-refractivity contribution in [1.29, 1.82) is 0 Å². The number of hydrogen-bond donors (Lipinski definition) is 1. The van der Waals surface area contributed by atoms with Crippen molar-refractivity contribution in [3.63, 3.8) is 0 Å². The van der Waals surface area contributed by atoms with E-state index in [9.17, 15) is 4.79 Å². The SMILES string of the molecule is CCN(Cc1cccs1)C(=O)CCN.Cl. The summed E-state index contributed by atoms with van der Waals surface area (Å²) in [5, 5.41) is 2.02. The Bertz CT molecular complexity index is 277. The molecule has 1 heterocycles. The predicted molar refractivity (Wildman–Crippen MR) is 66.3 cm³/mol. The molecule has 0 saturated heterocycles. The van der Waals surface area contributed by atoms with E-state index in [2.05, 4.69) is 0 Å². The van der Waals surface area contributed by atoms with Crippen LogP contribution < -0.4 is 5.73 Å². The molecular formula is C10H17ClN2OS. The van der Waals surface area contributed by atoms with E-state index in [-0.39, 0.29) is 18.3 Å². The summed E-state index contributed by atoms with van der Waals surface area (Å²) in [6, 6.07) is 4.05. The molecule has 2 N–H and O–H groups in total. The Balaban J connectivity index is 0.00000196. The standard InChI is InChI=1S/C10H16N2OS.ClH/c1-2-12(10(13)5-6-11)8-9-4-3-7-14-9;/h3-4,7H,2,5-6,8,11H2,1H3;1H. The first kappa shape index (κ1) is 14.4. The van der Waals surface area contributed by atoms with Crippen molar-refractivity contribution in [3.05, 3.63) is 22.4 Å². The molecule has 0 aliphatic heterocycles. The number of carbonyl (C=O) groups excluding carboxylic acids is 1. The minimum Gasteiger partial charge on any atom is -0.338 e. The second kappa shape index (κ2) is 7.68. The van der Waals surface area contributed by atoms with Gasteiger partial charge in [-0.2, -0.15) is 0 Å². The fourth-order valence-electron chi connectivity index (χ4n) is 1.25. The van der Waals surface area contributed by atoms with E-state index in [1.165, 1.54) is 4.88 Å². The van der Waals surface area contributed by atoms with E-state index >= 15 is 0 Å². The van der Waals surface area contributed by atoms with Gasteiger partial charge in [0.15, 0.2) is 0 Å². The maximum atomic E-state index is 11.6. The van der Waals surface area contributed by atoms with Gasteiger partial charge in [0, 0.05) is 24.4 Å². The van der Waals surface area contributed by atoms with Gasteiger partial charge < -0.3 is 10.6 Å². The lowest BCUT2D eigenvalue weighted by atomic mass is 10.3. The zero-order chi connectivity index (χ0) is 10.4. The van der Waals surface area contributed by atoms with Gasteiger partial charge in [-0.05, 0) is 18.4 Å². The quantitative estimate of drug-likeness (QED) is 0.865. The summed E-state index contributed by atoms with van der Waals surface area (Å²) in [5.74, 6) is 0.142. The average Bonchev–Trinajstić information content (AvgIpc) is 2.66. The van der Waals surface area contributed by atoms with Crippen LogP contribution in [0.3, 0.4) is 0 Å². The zero-order valence-corrected chi connectivity index (χ0v) is 10.4. The molecule has 86 valence electrons. The van der Waals surface area contributed by atoms with E-state index in [0.29, 0.717) is 19.5 Å². The van der Waals surface area contributed by atoms with Crippen LogP contribution in [0, 0.1) is 0 Å². The van der Waals surface area contributed by atoms with Crippen LogP contribution in [0.5, 0.6) is 0 Å². The summed E-state index contributed by atoms with van der Waals surface area (Å²) >= 11 is 1.68. The summed E-state index contributed by atoms with van der Waals surface area (Å²) in [4.78, 5) is 14.6. The Kier molecular flexibility index (Phi) is 7.38. The molecule has 5 heteroatoms. The minimum absolute atomic E-state index is 0. The molecule has 1 amide bonds. The van der Waals surface area contributed by atoms with Gasteiger partial charge in [-0.15, -0.1) is 23.7 Å². The Labute approximate surface area is 101 Å². The molecule has 0 aromatic carbocycles. The molecule has 1 aromatic rings. The zero-order valence-electron chi connectivity index (χ0n) is 8.81. The van der Waals surface area contributed by atoms with Crippen LogP contribution in [0.25, 0.3) is 0 Å². The van der Waals surface area contributed by atoms with Gasteiger partial charge in [0.1, 0.15) is 0 Å². The van der Waals surface area contributed by atoms with E-state index < -0.39 is 0 Å². The van der Waals surface area contributed by atoms with Gasteiger partial charge in [0.2, 0.25) is 5.91 Å². The van der Waals surface area contributed by atoms with Gasteiger partial charge in [0.25, 0.3) is 0 Å². The van der Waals surface area contributed by atoms with E-state index in [1.54, 1.807) is 11.3 Å². The number of halogens is 1. The van der Waals surface area contributed by atoms with Crippen molar-refractivity contribution >= 4 is 29.7 Å². The Morgan fingerprint density at radius 3 is 2.80 bits per heavy atom. The average molecular weight is 249 g/mol. The van der Waals surface area contributed by atoms with Gasteiger partial charge >= 0.3 is 0 Å². The Morgan fingerprint density at radius 1 is 1.60 bits per heavy atom. The second-order valence-corrected chi connectivity index (χ2v) is 4.06. The fraction of sp³-hybridized carbons (Fsp3) is 0.500. The number of nitrogens with two attached hydrogens (primary N) is 1. The maximum Gasteiger partial charge on any atom is 0.224 e. The molecule has 0 spiro atoms. The second-order valence-electron chi connectivity index (χ2n) is 3.03. The predicted octanol–water partition coefficient (Wildman–Crippen LogP) is 1.87. The van der Waals surface area contributed by atoms with Gasteiger partial charge in [-0.3, -0.25) is 4.79 Å². The minimum atomic E-state index is 0. The topological polar surface area (TPSA) is 46.3 Å². The van der Waals surface area contributed by atoms with Crippen LogP contribution in [-0.2, 0) is 11.3 Å². The molecule has 0 bridgehead atoms. The lowest BCUT2D eigenvalue weighted by Gasteiger charge is -2.19. The number of thiophene rings is 1. The molecule has 0 aliphatic carbocycles. The molecule has 0 atom stereocenters. The summed E-state index contributed by atoms with van der Waals surface area (Å²) < 4.78 is 0. The molecule has 0 fully saturated rings. The third-order valence-corrected chi connectivity index (χ3v) is 2.88. The molecule has 3 nitrogen and oxygen atoms in total. The summed E-state index contributed by atoms with van der Waals surface area (Å²) in [6.07, 6.45) is 0.444. The smallest absolute Gasteiger partial charge is 0.224 e. The molecule has 15 heavy (non-hydrogen) atoms. The summed E-state index contributed by atoms with van der Waals surface area (Å²) in [7, 11) is 0. The van der Waals surface area contributed by atoms with Crippen molar-refractivity contribution in [2.45, 2.75) is 19.9 Å². The van der Waals surface area contributed by atoms with E-state index in [4.69, 9.17) is 5.73 Å². The normalized spacial score (nSPS) is 9.47. The Hall–Kier alpha value is -0.580. The van der Waals surface area contributed by atoms with Crippen LogP contribution in [0.1, 0.15) is 18.2 Å². The third kappa shape index (κ3) is 4.64. The van der Waals surface area contributed by atoms with Crippen LogP contribution in [0.15, 0.2) is 17.5 Å². The van der Waals surface area contributed by atoms with Crippen molar-refractivity contribution in [2.24, 2.45) is 5.73 Å². The van der Waals surface area contributed by atoms with Crippen LogP contribution >= 0.6 is 23.7 Å². The molecule has 1 rings (SSSR count). The largest absolute Gasteiger partial charge is 0.338 e. The highest BCUT2D eigenvalue weighted by Crippen LogP contribution is 2.12. The lowest BCUT2D eigenvalue weighted by Crippen LogP contribution is -2.31. The number of nitrogens with zero attached hydrogens (tertiary/aromatic N) is 1. The van der Waals surface area contributed by atoms with Crippen molar-refractivity contribution < 1.29 is 4.79 Å². The van der Waals surface area contributed by atoms with Crippen LogP contribution in [0.4, 0.5) is 0 Å². The number of carbonyl (C=O) groups is 1. The van der Waals surface area contributed by atoms with Gasteiger partial charge in [-0.25, -0.2) is 0 Å². The molecular weight excluding hydrogens is 232 g/mol. The maximum absolute atomic E-state index is 11.6.